The lowest BCUT2D eigenvalue weighted by Crippen LogP contribution is -2.04. The van der Waals surface area contributed by atoms with Crippen LogP contribution in [-0.2, 0) is 0 Å². The van der Waals surface area contributed by atoms with Crippen molar-refractivity contribution in [3.8, 4) is 11.3 Å². The van der Waals surface area contributed by atoms with Gasteiger partial charge in [0.1, 0.15) is 29.1 Å². The molecule has 1 N–H and O–H groups in total. The molecule has 0 saturated heterocycles. The molecular weight excluding hydrogens is 390 g/mol. The third-order valence-corrected chi connectivity index (χ3v) is 4.62. The summed E-state index contributed by atoms with van der Waals surface area (Å²) < 4.78 is 31.2. The number of benzene rings is 1. The quantitative estimate of drug-likeness (QED) is 0.485. The molecule has 3 aromatic heterocycles. The summed E-state index contributed by atoms with van der Waals surface area (Å²) in [5.41, 5.74) is 1.41. The Balaban J connectivity index is 1.80. The van der Waals surface area contributed by atoms with Gasteiger partial charge in [-0.25, -0.2) is 28.7 Å². The lowest BCUT2D eigenvalue weighted by atomic mass is 10.1. The number of carbonyl (C=O) groups is 1. The minimum absolute atomic E-state index is 0.0493. The fourth-order valence-corrected chi connectivity index (χ4v) is 3.39. The van der Waals surface area contributed by atoms with E-state index in [9.17, 15) is 13.6 Å². The number of aromatic nitrogens is 5. The molecule has 7 nitrogen and oxygen atoms in total. The second-order valence-corrected chi connectivity index (χ2v) is 7.06. The summed E-state index contributed by atoms with van der Waals surface area (Å²) in [4.78, 5) is 27.4. The lowest BCUT2D eigenvalue weighted by Gasteiger charge is -2.12. The summed E-state index contributed by atoms with van der Waals surface area (Å²) in [6.45, 7) is 5.73. The molecule has 1 aromatic carbocycles. The summed E-state index contributed by atoms with van der Waals surface area (Å²) in [7, 11) is 0. The topological polar surface area (TPSA) is 85.6 Å². The van der Waals surface area contributed by atoms with E-state index in [1.54, 1.807) is 19.1 Å². The summed E-state index contributed by atoms with van der Waals surface area (Å²) in [5.74, 6) is -0.190. The summed E-state index contributed by atoms with van der Waals surface area (Å²) in [5, 5.41) is 2.83. The van der Waals surface area contributed by atoms with E-state index >= 15 is 0 Å². The summed E-state index contributed by atoms with van der Waals surface area (Å²) >= 11 is 0. The Morgan fingerprint density at radius 1 is 1.10 bits per heavy atom. The first kappa shape index (κ1) is 19.6. The monoisotopic (exact) mass is 408 g/mol. The van der Waals surface area contributed by atoms with Crippen molar-refractivity contribution < 1.29 is 13.6 Å². The number of rotatable bonds is 5. The van der Waals surface area contributed by atoms with Crippen LogP contribution in [-0.4, -0.2) is 30.8 Å². The SMILES string of the molecule is Cc1nc2c(F)cc(-c3nc(Nc4cc(C=O)ccn4)ncc3F)cc2n1C(C)C. The smallest absolute Gasteiger partial charge is 0.229 e. The third kappa shape index (κ3) is 3.49. The van der Waals surface area contributed by atoms with Crippen LogP contribution in [0.5, 0.6) is 0 Å². The van der Waals surface area contributed by atoms with Crippen molar-refractivity contribution in [2.75, 3.05) is 5.32 Å². The van der Waals surface area contributed by atoms with Gasteiger partial charge >= 0.3 is 0 Å². The zero-order valence-corrected chi connectivity index (χ0v) is 16.5. The van der Waals surface area contributed by atoms with Gasteiger partial charge in [-0.1, -0.05) is 0 Å². The van der Waals surface area contributed by atoms with E-state index in [1.807, 2.05) is 18.4 Å². The van der Waals surface area contributed by atoms with Gasteiger partial charge in [0.25, 0.3) is 0 Å². The first-order valence-electron chi connectivity index (χ1n) is 9.26. The number of pyridine rings is 1. The highest BCUT2D eigenvalue weighted by atomic mass is 19.1. The Morgan fingerprint density at radius 3 is 2.63 bits per heavy atom. The molecule has 9 heteroatoms. The molecule has 0 unspecified atom stereocenters. The fourth-order valence-electron chi connectivity index (χ4n) is 3.39. The zero-order valence-electron chi connectivity index (χ0n) is 16.5. The molecule has 3 heterocycles. The number of fused-ring (bicyclic) bond motifs is 1. The first-order valence-corrected chi connectivity index (χ1v) is 9.26. The molecule has 30 heavy (non-hydrogen) atoms. The molecule has 152 valence electrons. The van der Waals surface area contributed by atoms with Gasteiger partial charge in [0.05, 0.1) is 11.7 Å². The molecule has 0 aliphatic carbocycles. The second kappa shape index (κ2) is 7.58. The predicted octanol–water partition coefficient (Wildman–Crippen LogP) is 4.61. The number of aldehydes is 1. The maximum absolute atomic E-state index is 14.8. The van der Waals surface area contributed by atoms with Crippen LogP contribution in [0.2, 0.25) is 0 Å². The second-order valence-electron chi connectivity index (χ2n) is 7.06. The van der Waals surface area contributed by atoms with Crippen molar-refractivity contribution >= 4 is 29.1 Å². The normalized spacial score (nSPS) is 11.3. The van der Waals surface area contributed by atoms with Crippen molar-refractivity contribution in [3.05, 3.63) is 59.7 Å². The number of nitrogens with zero attached hydrogens (tertiary/aromatic N) is 5. The molecule has 0 aliphatic rings. The number of aryl methyl sites for hydroxylation is 1. The Bertz CT molecular complexity index is 1270. The summed E-state index contributed by atoms with van der Waals surface area (Å²) in [6, 6.07) is 5.98. The minimum Gasteiger partial charge on any atom is -0.326 e. The Labute approximate surface area is 170 Å². The van der Waals surface area contributed by atoms with Crippen molar-refractivity contribution in [1.82, 2.24) is 24.5 Å². The van der Waals surface area contributed by atoms with Gasteiger partial charge in [-0.3, -0.25) is 4.79 Å². The van der Waals surface area contributed by atoms with Crippen LogP contribution in [0, 0.1) is 18.6 Å². The highest BCUT2D eigenvalue weighted by molar-refractivity contribution is 5.83. The first-order chi connectivity index (χ1) is 14.4. The number of carbonyl (C=O) groups excluding carboxylic acids is 1. The van der Waals surface area contributed by atoms with E-state index in [0.717, 1.165) is 6.20 Å². The highest BCUT2D eigenvalue weighted by Crippen LogP contribution is 2.30. The fraction of sp³-hybridized carbons (Fsp3) is 0.190. The van der Waals surface area contributed by atoms with E-state index in [-0.39, 0.29) is 28.8 Å². The maximum atomic E-state index is 14.8. The molecule has 0 fully saturated rings. The Morgan fingerprint density at radius 2 is 1.90 bits per heavy atom. The molecule has 0 atom stereocenters. The van der Waals surface area contributed by atoms with Crippen LogP contribution in [0.15, 0.2) is 36.7 Å². The molecular formula is C21H18F2N6O. The molecule has 0 bridgehead atoms. The van der Waals surface area contributed by atoms with E-state index < -0.39 is 11.6 Å². The van der Waals surface area contributed by atoms with Crippen molar-refractivity contribution in [1.29, 1.82) is 0 Å². The number of hydrogen-bond donors (Lipinski definition) is 1. The maximum Gasteiger partial charge on any atom is 0.229 e. The van der Waals surface area contributed by atoms with Gasteiger partial charge in [-0.05, 0) is 45.0 Å². The minimum atomic E-state index is -0.693. The molecule has 0 spiro atoms. The third-order valence-electron chi connectivity index (χ3n) is 4.62. The van der Waals surface area contributed by atoms with Gasteiger partial charge in [0.15, 0.2) is 11.6 Å². The van der Waals surface area contributed by atoms with E-state index in [2.05, 4.69) is 25.3 Å². The number of anilines is 2. The van der Waals surface area contributed by atoms with Gasteiger partial charge in [-0.2, -0.15) is 0 Å². The lowest BCUT2D eigenvalue weighted by molar-refractivity contribution is 0.112. The number of imidazole rings is 1. The zero-order chi connectivity index (χ0) is 21.4. The van der Waals surface area contributed by atoms with Crippen LogP contribution in [0.25, 0.3) is 22.3 Å². The molecule has 0 radical (unpaired) electrons. The number of hydrogen-bond acceptors (Lipinski definition) is 6. The van der Waals surface area contributed by atoms with Gasteiger partial charge < -0.3 is 9.88 Å². The molecule has 0 aliphatic heterocycles. The Hall–Kier alpha value is -3.75. The molecule has 4 aromatic rings. The van der Waals surface area contributed by atoms with Gasteiger partial charge in [-0.15, -0.1) is 0 Å². The van der Waals surface area contributed by atoms with Gasteiger partial charge in [0.2, 0.25) is 5.95 Å². The van der Waals surface area contributed by atoms with Gasteiger partial charge in [0, 0.05) is 23.4 Å². The van der Waals surface area contributed by atoms with Crippen LogP contribution in [0.1, 0.15) is 36.1 Å². The Kier molecular flexibility index (Phi) is 4.94. The van der Waals surface area contributed by atoms with Crippen LogP contribution in [0.4, 0.5) is 20.5 Å². The average Bonchev–Trinajstić information content (AvgIpc) is 3.06. The van der Waals surface area contributed by atoms with E-state index in [1.165, 1.54) is 18.3 Å². The van der Waals surface area contributed by atoms with Crippen molar-refractivity contribution in [3.63, 3.8) is 0 Å². The standard InChI is InChI=1S/C21H18F2N6O/c1-11(2)29-12(3)26-20-15(22)7-14(8-17(20)29)19-16(23)9-25-21(28-19)27-18-6-13(10-30)4-5-24-18/h4-11H,1-3H3,(H,24,25,27,28). The van der Waals surface area contributed by atoms with Crippen LogP contribution < -0.4 is 5.32 Å². The highest BCUT2D eigenvalue weighted by Gasteiger charge is 2.18. The van der Waals surface area contributed by atoms with Crippen LogP contribution >= 0.6 is 0 Å². The summed E-state index contributed by atoms with van der Waals surface area (Å²) in [6.07, 6.45) is 3.14. The molecule has 4 rings (SSSR count). The average molecular weight is 408 g/mol. The van der Waals surface area contributed by atoms with Crippen LogP contribution in [0.3, 0.4) is 0 Å². The number of nitrogens with one attached hydrogen (secondary N) is 1. The molecule has 0 amide bonds. The van der Waals surface area contributed by atoms with Crippen molar-refractivity contribution in [2.45, 2.75) is 26.8 Å². The van der Waals surface area contributed by atoms with E-state index in [4.69, 9.17) is 0 Å². The van der Waals surface area contributed by atoms with E-state index in [0.29, 0.717) is 29.0 Å². The molecule has 0 saturated carbocycles. The predicted molar refractivity (Wildman–Crippen MR) is 109 cm³/mol. The largest absolute Gasteiger partial charge is 0.326 e. The van der Waals surface area contributed by atoms with Crippen molar-refractivity contribution in [2.24, 2.45) is 0 Å². The number of halogens is 2.